The van der Waals surface area contributed by atoms with E-state index in [9.17, 15) is 17.2 Å². The highest BCUT2D eigenvalue weighted by Gasteiger charge is 2.14. The lowest BCUT2D eigenvalue weighted by molar-refractivity contribution is 0.0657. The number of pyridine rings is 1. The van der Waals surface area contributed by atoms with Crippen molar-refractivity contribution < 1.29 is 17.2 Å². The predicted octanol–water partition coefficient (Wildman–Crippen LogP) is 2.83. The highest BCUT2D eigenvalue weighted by Crippen LogP contribution is 2.13. The van der Waals surface area contributed by atoms with Gasteiger partial charge in [-0.2, -0.15) is 17.2 Å². The van der Waals surface area contributed by atoms with E-state index in [4.69, 9.17) is 11.6 Å². The number of halogens is 3. The molecule has 0 spiro atoms. The van der Waals surface area contributed by atoms with E-state index < -0.39 is 22.1 Å². The maximum absolute atomic E-state index is 12.8. The van der Waals surface area contributed by atoms with Gasteiger partial charge in [-0.05, 0) is 24.3 Å². The van der Waals surface area contributed by atoms with E-state index in [0.29, 0.717) is 4.57 Å². The van der Waals surface area contributed by atoms with Crippen LogP contribution < -0.4 is 5.49 Å². The lowest BCUT2D eigenvalue weighted by Gasteiger charge is -2.06. The van der Waals surface area contributed by atoms with Gasteiger partial charge in [0.15, 0.2) is 5.49 Å². The van der Waals surface area contributed by atoms with Crippen LogP contribution in [-0.2, 0) is 10.0 Å². The molecule has 0 radical (unpaired) electrons. The zero-order chi connectivity index (χ0) is 14.8. The van der Waals surface area contributed by atoms with Crippen molar-refractivity contribution in [3.05, 3.63) is 59.2 Å². The van der Waals surface area contributed by atoms with Crippen molar-refractivity contribution in [1.29, 1.82) is 0 Å². The molecule has 1 aromatic carbocycles. The van der Waals surface area contributed by atoms with E-state index in [1.165, 1.54) is 30.3 Å². The topological polar surface area (TPSA) is 51.4 Å². The molecule has 0 aliphatic rings. The fourth-order valence-corrected chi connectivity index (χ4v) is 2.66. The van der Waals surface area contributed by atoms with Crippen LogP contribution in [0.15, 0.2) is 58.0 Å². The van der Waals surface area contributed by atoms with Gasteiger partial charge < -0.3 is 0 Å². The van der Waals surface area contributed by atoms with Crippen LogP contribution in [0.1, 0.15) is 6.55 Å². The summed E-state index contributed by atoms with van der Waals surface area (Å²) in [6.45, 7) is -2.95. The smallest absolute Gasteiger partial charge is 0.273 e. The van der Waals surface area contributed by atoms with Gasteiger partial charge in [-0.25, -0.2) is 0 Å². The Balaban J connectivity index is 2.62. The van der Waals surface area contributed by atoms with Crippen LogP contribution in [0.5, 0.6) is 0 Å². The predicted molar refractivity (Wildman–Crippen MR) is 69.9 cm³/mol. The molecule has 0 saturated carbocycles. The van der Waals surface area contributed by atoms with Crippen LogP contribution in [0.25, 0.3) is 0 Å². The number of sulfonamides is 1. The summed E-state index contributed by atoms with van der Waals surface area (Å²) >= 11 is 5.60. The van der Waals surface area contributed by atoms with Gasteiger partial charge in [0, 0.05) is 6.20 Å². The maximum atomic E-state index is 12.8. The Bertz CT molecular complexity index is 774. The highest BCUT2D eigenvalue weighted by molar-refractivity contribution is 7.90. The Morgan fingerprint density at radius 2 is 1.75 bits per heavy atom. The summed E-state index contributed by atoms with van der Waals surface area (Å²) in [5, 5.41) is 0.0568. The lowest BCUT2D eigenvalue weighted by Crippen LogP contribution is -2.22. The summed E-state index contributed by atoms with van der Waals surface area (Å²) in [7, 11) is -4.05. The molecule has 0 fully saturated rings. The van der Waals surface area contributed by atoms with E-state index in [0.717, 1.165) is 12.3 Å². The van der Waals surface area contributed by atoms with Crippen LogP contribution in [0.2, 0.25) is 5.02 Å². The van der Waals surface area contributed by atoms with Crippen molar-refractivity contribution in [3.63, 3.8) is 0 Å². The number of hydrogen-bond acceptors (Lipinski definition) is 2. The molecule has 2 rings (SSSR count). The third-order valence-corrected chi connectivity index (χ3v) is 3.90. The second kappa shape index (κ2) is 5.72. The quantitative estimate of drug-likeness (QED) is 0.873. The number of nitrogens with zero attached hydrogens (tertiary/aromatic N) is 2. The SMILES string of the molecule is O=S(=O)(/N=c1\ccc(Cl)cn1C(F)F)c1ccccc1. The third-order valence-electron chi connectivity index (χ3n) is 2.38. The number of aromatic nitrogens is 1. The first-order valence-corrected chi connectivity index (χ1v) is 7.24. The number of rotatable bonds is 3. The molecule has 0 amide bonds. The molecule has 1 heterocycles. The summed E-state index contributed by atoms with van der Waals surface area (Å²) in [5.74, 6) is 0. The second-order valence-corrected chi connectivity index (χ2v) is 5.81. The minimum Gasteiger partial charge on any atom is -0.273 e. The molecule has 0 bridgehead atoms. The molecule has 2 aromatic rings. The van der Waals surface area contributed by atoms with Crippen molar-refractivity contribution in [3.8, 4) is 0 Å². The minimum absolute atomic E-state index is 0.0568. The fraction of sp³-hybridized carbons (Fsp3) is 0.0833. The highest BCUT2D eigenvalue weighted by atomic mass is 35.5. The Hall–Kier alpha value is -1.73. The number of hydrogen-bond donors (Lipinski definition) is 0. The first kappa shape index (κ1) is 14.7. The summed E-state index contributed by atoms with van der Waals surface area (Å²) < 4.78 is 53.5. The van der Waals surface area contributed by atoms with Gasteiger partial charge in [-0.3, -0.25) is 4.57 Å². The Morgan fingerprint density at radius 1 is 1.10 bits per heavy atom. The van der Waals surface area contributed by atoms with Crippen LogP contribution in [-0.4, -0.2) is 13.0 Å². The lowest BCUT2D eigenvalue weighted by atomic mass is 10.4. The minimum atomic E-state index is -4.05. The molecular weight excluding hydrogens is 310 g/mol. The molecule has 106 valence electrons. The van der Waals surface area contributed by atoms with Crippen LogP contribution in [0.4, 0.5) is 8.78 Å². The molecule has 1 aromatic heterocycles. The van der Waals surface area contributed by atoms with Crippen molar-refractivity contribution in [1.82, 2.24) is 4.57 Å². The zero-order valence-corrected chi connectivity index (χ0v) is 11.5. The molecule has 0 saturated heterocycles. The molecule has 0 aliphatic carbocycles. The molecule has 0 N–H and O–H groups in total. The largest absolute Gasteiger partial charge is 0.320 e. The van der Waals surface area contributed by atoms with Crippen molar-refractivity contribution in [2.75, 3.05) is 0 Å². The normalized spacial score (nSPS) is 12.9. The maximum Gasteiger partial charge on any atom is 0.320 e. The first-order valence-electron chi connectivity index (χ1n) is 5.42. The van der Waals surface area contributed by atoms with Gasteiger partial charge in [-0.1, -0.05) is 29.8 Å². The average molecular weight is 319 g/mol. The third kappa shape index (κ3) is 3.23. The average Bonchev–Trinajstić information content (AvgIpc) is 2.41. The Morgan fingerprint density at radius 3 is 2.35 bits per heavy atom. The van der Waals surface area contributed by atoms with Gasteiger partial charge in [0.05, 0.1) is 9.92 Å². The van der Waals surface area contributed by atoms with Crippen molar-refractivity contribution in [2.45, 2.75) is 11.4 Å². The summed E-state index contributed by atoms with van der Waals surface area (Å²) in [5.41, 5.74) is -0.395. The summed E-state index contributed by atoms with van der Waals surface area (Å²) in [4.78, 5) is -0.0734. The van der Waals surface area contributed by atoms with Crippen LogP contribution >= 0.6 is 11.6 Å². The van der Waals surface area contributed by atoms with Crippen molar-refractivity contribution >= 4 is 21.6 Å². The Kier molecular flexibility index (Phi) is 4.20. The molecule has 20 heavy (non-hydrogen) atoms. The van der Waals surface area contributed by atoms with Crippen molar-refractivity contribution in [2.24, 2.45) is 4.40 Å². The van der Waals surface area contributed by atoms with E-state index in [2.05, 4.69) is 4.40 Å². The van der Waals surface area contributed by atoms with E-state index in [1.54, 1.807) is 6.07 Å². The standard InChI is InChI=1S/C12H9ClF2N2O2S/c13-9-6-7-11(17(8-9)12(14)15)16-20(18,19)10-4-2-1-3-5-10/h1-8,12H/b16-11+. The molecule has 8 heteroatoms. The monoisotopic (exact) mass is 318 g/mol. The summed E-state index contributed by atoms with van der Waals surface area (Å²) in [6.07, 6.45) is 0.922. The number of benzene rings is 1. The molecular formula is C12H9ClF2N2O2S. The van der Waals surface area contributed by atoms with E-state index in [1.807, 2.05) is 0 Å². The Labute approximate surface area is 119 Å². The summed E-state index contributed by atoms with van der Waals surface area (Å²) in [6, 6.07) is 9.76. The number of alkyl halides is 2. The van der Waals surface area contributed by atoms with Gasteiger partial charge in [-0.15, -0.1) is 4.40 Å². The van der Waals surface area contributed by atoms with Gasteiger partial charge in [0.25, 0.3) is 10.0 Å². The first-order chi connectivity index (χ1) is 9.40. The van der Waals surface area contributed by atoms with Gasteiger partial charge >= 0.3 is 6.55 Å². The van der Waals surface area contributed by atoms with Gasteiger partial charge in [0.1, 0.15) is 0 Å². The zero-order valence-electron chi connectivity index (χ0n) is 9.95. The van der Waals surface area contributed by atoms with Gasteiger partial charge in [0.2, 0.25) is 0 Å². The molecule has 4 nitrogen and oxygen atoms in total. The fourth-order valence-electron chi connectivity index (χ4n) is 1.48. The van der Waals surface area contributed by atoms with Crippen LogP contribution in [0.3, 0.4) is 0 Å². The molecule has 0 aliphatic heterocycles. The second-order valence-electron chi connectivity index (χ2n) is 3.77. The van der Waals surface area contributed by atoms with Crippen LogP contribution in [0, 0.1) is 0 Å². The molecule has 0 unspecified atom stereocenters. The van der Waals surface area contributed by atoms with E-state index >= 15 is 0 Å². The molecule has 0 atom stereocenters. The van der Waals surface area contributed by atoms with E-state index in [-0.39, 0.29) is 9.92 Å².